The van der Waals surface area contributed by atoms with E-state index in [4.69, 9.17) is 0 Å². The van der Waals surface area contributed by atoms with Crippen molar-refractivity contribution < 1.29 is 14.7 Å². The largest absolute Gasteiger partial charge is 0.481 e. The maximum atomic E-state index is 12.2. The van der Waals surface area contributed by atoms with Crippen molar-refractivity contribution in [1.82, 2.24) is 10.2 Å². The molecule has 1 saturated heterocycles. The molecule has 2 amide bonds. The number of carbonyl (C=O) groups excluding carboxylic acids is 1. The molecule has 2 rings (SSSR count). The van der Waals surface area contributed by atoms with Crippen LogP contribution in [0, 0.1) is 5.41 Å². The zero-order valence-corrected chi connectivity index (χ0v) is 13.5. The molecule has 1 heterocycles. The van der Waals surface area contributed by atoms with E-state index in [1.165, 1.54) is 0 Å². The highest BCUT2D eigenvalue weighted by Gasteiger charge is 2.39. The molecule has 0 spiro atoms. The molecule has 0 aromatic heterocycles. The Morgan fingerprint density at radius 3 is 2.67 bits per heavy atom. The highest BCUT2D eigenvalue weighted by atomic mass is 79.9. The van der Waals surface area contributed by atoms with Gasteiger partial charge in [-0.3, -0.25) is 4.79 Å². The molecule has 21 heavy (non-hydrogen) atoms. The SMILES string of the molecule is CC1(C(=O)O)CCCN(C(=O)NCc2ccc(Br)cc2)C1. The first kappa shape index (κ1) is 15.8. The van der Waals surface area contributed by atoms with Crippen LogP contribution in [0.4, 0.5) is 4.79 Å². The van der Waals surface area contributed by atoms with Gasteiger partial charge in [0.25, 0.3) is 0 Å². The van der Waals surface area contributed by atoms with Crippen molar-refractivity contribution >= 4 is 27.9 Å². The van der Waals surface area contributed by atoms with Gasteiger partial charge in [-0.1, -0.05) is 28.1 Å². The number of carboxylic acid groups (broad SMARTS) is 1. The van der Waals surface area contributed by atoms with E-state index in [9.17, 15) is 14.7 Å². The van der Waals surface area contributed by atoms with Gasteiger partial charge in [-0.15, -0.1) is 0 Å². The van der Waals surface area contributed by atoms with Crippen molar-refractivity contribution in [2.75, 3.05) is 13.1 Å². The predicted octanol–water partition coefficient (Wildman–Crippen LogP) is 2.85. The lowest BCUT2D eigenvalue weighted by atomic mass is 9.82. The lowest BCUT2D eigenvalue weighted by molar-refractivity contribution is -0.150. The molecule has 1 aliphatic heterocycles. The quantitative estimate of drug-likeness (QED) is 0.876. The Morgan fingerprint density at radius 1 is 1.38 bits per heavy atom. The lowest BCUT2D eigenvalue weighted by Gasteiger charge is -2.37. The van der Waals surface area contributed by atoms with Gasteiger partial charge in [0.05, 0.1) is 5.41 Å². The fraction of sp³-hybridized carbons (Fsp3) is 0.467. The Hall–Kier alpha value is -1.56. The minimum Gasteiger partial charge on any atom is -0.481 e. The minimum atomic E-state index is -0.840. The molecule has 5 nitrogen and oxygen atoms in total. The summed E-state index contributed by atoms with van der Waals surface area (Å²) in [5, 5.41) is 12.1. The van der Waals surface area contributed by atoms with Crippen LogP contribution in [0.3, 0.4) is 0 Å². The van der Waals surface area contributed by atoms with Crippen LogP contribution >= 0.6 is 15.9 Å². The van der Waals surface area contributed by atoms with Crippen LogP contribution < -0.4 is 5.32 Å². The molecule has 1 aromatic carbocycles. The zero-order valence-electron chi connectivity index (χ0n) is 11.9. The Bertz CT molecular complexity index is 532. The van der Waals surface area contributed by atoms with Crippen LogP contribution in [-0.2, 0) is 11.3 Å². The third-order valence-corrected chi connectivity index (χ3v) is 4.39. The van der Waals surface area contributed by atoms with E-state index in [1.807, 2.05) is 24.3 Å². The summed E-state index contributed by atoms with van der Waals surface area (Å²) in [6.07, 6.45) is 1.33. The van der Waals surface area contributed by atoms with Crippen molar-refractivity contribution in [3.8, 4) is 0 Å². The Balaban J connectivity index is 1.91. The number of carbonyl (C=O) groups is 2. The summed E-state index contributed by atoms with van der Waals surface area (Å²) < 4.78 is 0.992. The van der Waals surface area contributed by atoms with Crippen molar-refractivity contribution in [2.24, 2.45) is 5.41 Å². The predicted molar refractivity (Wildman–Crippen MR) is 82.9 cm³/mol. The van der Waals surface area contributed by atoms with Gasteiger partial charge in [-0.2, -0.15) is 0 Å². The normalized spacial score (nSPS) is 21.9. The number of likely N-dealkylation sites (tertiary alicyclic amines) is 1. The smallest absolute Gasteiger partial charge is 0.317 e. The van der Waals surface area contributed by atoms with Crippen LogP contribution in [0.2, 0.25) is 0 Å². The van der Waals surface area contributed by atoms with Gasteiger partial charge in [0.15, 0.2) is 0 Å². The molecule has 0 saturated carbocycles. The summed E-state index contributed by atoms with van der Waals surface area (Å²) in [5.41, 5.74) is 0.164. The number of nitrogens with zero attached hydrogens (tertiary/aromatic N) is 1. The Labute approximate surface area is 132 Å². The maximum absolute atomic E-state index is 12.2. The number of urea groups is 1. The second kappa shape index (κ2) is 6.47. The number of hydrogen-bond acceptors (Lipinski definition) is 2. The van der Waals surface area contributed by atoms with Crippen molar-refractivity contribution in [1.29, 1.82) is 0 Å². The summed E-state index contributed by atoms with van der Waals surface area (Å²) in [6, 6.07) is 7.50. The van der Waals surface area contributed by atoms with Gasteiger partial charge < -0.3 is 15.3 Å². The second-order valence-electron chi connectivity index (χ2n) is 5.68. The second-order valence-corrected chi connectivity index (χ2v) is 6.59. The van der Waals surface area contributed by atoms with E-state index in [2.05, 4.69) is 21.2 Å². The van der Waals surface area contributed by atoms with Gasteiger partial charge in [-0.25, -0.2) is 4.79 Å². The first-order valence-electron chi connectivity index (χ1n) is 6.91. The van der Waals surface area contributed by atoms with E-state index in [0.717, 1.165) is 10.0 Å². The highest BCUT2D eigenvalue weighted by molar-refractivity contribution is 9.10. The molecule has 2 N–H and O–H groups in total. The van der Waals surface area contributed by atoms with Crippen LogP contribution in [-0.4, -0.2) is 35.1 Å². The average molecular weight is 355 g/mol. The molecule has 1 fully saturated rings. The molecule has 1 aromatic rings. The van der Waals surface area contributed by atoms with Crippen LogP contribution in [0.1, 0.15) is 25.3 Å². The summed E-state index contributed by atoms with van der Waals surface area (Å²) in [4.78, 5) is 25.0. The number of piperidine rings is 1. The number of benzene rings is 1. The Kier molecular flexibility index (Phi) is 4.88. The minimum absolute atomic E-state index is 0.204. The van der Waals surface area contributed by atoms with Crippen LogP contribution in [0.25, 0.3) is 0 Å². The molecule has 114 valence electrons. The first-order chi connectivity index (χ1) is 9.90. The van der Waals surface area contributed by atoms with Crippen molar-refractivity contribution in [2.45, 2.75) is 26.3 Å². The average Bonchev–Trinajstić information content (AvgIpc) is 2.46. The fourth-order valence-corrected chi connectivity index (χ4v) is 2.74. The molecule has 0 bridgehead atoms. The Morgan fingerprint density at radius 2 is 2.05 bits per heavy atom. The summed E-state index contributed by atoms with van der Waals surface area (Å²) >= 11 is 3.36. The fourth-order valence-electron chi connectivity index (χ4n) is 2.48. The zero-order chi connectivity index (χ0) is 15.5. The number of nitrogens with one attached hydrogen (secondary N) is 1. The molecule has 1 aliphatic rings. The van der Waals surface area contributed by atoms with E-state index in [0.29, 0.717) is 25.9 Å². The number of hydrogen-bond donors (Lipinski definition) is 2. The standard InChI is InChI=1S/C15H19BrN2O3/c1-15(13(19)20)7-2-8-18(10-15)14(21)17-9-11-3-5-12(16)6-4-11/h3-6H,2,7-10H2,1H3,(H,17,21)(H,19,20). The third kappa shape index (κ3) is 3.97. The van der Waals surface area contributed by atoms with Gasteiger partial charge in [0.2, 0.25) is 0 Å². The number of amides is 2. The molecular formula is C15H19BrN2O3. The lowest BCUT2D eigenvalue weighted by Crippen LogP contribution is -2.51. The monoisotopic (exact) mass is 354 g/mol. The van der Waals surface area contributed by atoms with Crippen LogP contribution in [0.15, 0.2) is 28.7 Å². The number of carboxylic acids is 1. The molecule has 1 atom stereocenters. The highest BCUT2D eigenvalue weighted by Crippen LogP contribution is 2.29. The van der Waals surface area contributed by atoms with Gasteiger partial charge in [0, 0.05) is 24.1 Å². The van der Waals surface area contributed by atoms with E-state index in [-0.39, 0.29) is 12.6 Å². The molecule has 0 radical (unpaired) electrons. The van der Waals surface area contributed by atoms with E-state index >= 15 is 0 Å². The third-order valence-electron chi connectivity index (χ3n) is 3.86. The number of rotatable bonds is 3. The summed E-state index contributed by atoms with van der Waals surface area (Å²) in [7, 11) is 0. The van der Waals surface area contributed by atoms with E-state index < -0.39 is 11.4 Å². The molecule has 1 unspecified atom stereocenters. The molecular weight excluding hydrogens is 336 g/mol. The molecule has 6 heteroatoms. The van der Waals surface area contributed by atoms with Gasteiger partial charge in [-0.05, 0) is 37.5 Å². The van der Waals surface area contributed by atoms with Crippen molar-refractivity contribution in [3.05, 3.63) is 34.3 Å². The summed E-state index contributed by atoms with van der Waals surface area (Å²) in [6.45, 7) is 3.00. The topological polar surface area (TPSA) is 69.6 Å². The summed E-state index contributed by atoms with van der Waals surface area (Å²) in [5.74, 6) is -0.840. The van der Waals surface area contributed by atoms with Gasteiger partial charge in [0.1, 0.15) is 0 Å². The molecule has 0 aliphatic carbocycles. The van der Waals surface area contributed by atoms with Crippen LogP contribution in [0.5, 0.6) is 0 Å². The number of aliphatic carboxylic acids is 1. The maximum Gasteiger partial charge on any atom is 0.317 e. The van der Waals surface area contributed by atoms with E-state index in [1.54, 1.807) is 11.8 Å². The first-order valence-corrected chi connectivity index (χ1v) is 7.71. The number of halogens is 1. The van der Waals surface area contributed by atoms with Gasteiger partial charge >= 0.3 is 12.0 Å². The van der Waals surface area contributed by atoms with Crippen molar-refractivity contribution in [3.63, 3.8) is 0 Å².